The number of carbonyl (C=O) groups excluding carboxylic acids is 2. The van der Waals surface area contributed by atoms with E-state index in [1.807, 2.05) is 12.1 Å². The molecule has 1 aliphatic rings. The zero-order valence-electron chi connectivity index (χ0n) is 14.2. The summed E-state index contributed by atoms with van der Waals surface area (Å²) in [6, 6.07) is 8.42. The lowest BCUT2D eigenvalue weighted by atomic mass is 10.1. The second-order valence-electron chi connectivity index (χ2n) is 5.58. The topological polar surface area (TPSA) is 85.9 Å². The van der Waals surface area contributed by atoms with Crippen LogP contribution in [-0.4, -0.2) is 25.7 Å². The Bertz CT molecular complexity index is 869. The first-order valence-corrected chi connectivity index (χ1v) is 8.17. The number of hydrogen-bond donors (Lipinski definition) is 2. The van der Waals surface area contributed by atoms with Gasteiger partial charge in [-0.2, -0.15) is 0 Å². The number of anilines is 1. The average molecular weight is 377 g/mol. The van der Waals surface area contributed by atoms with Crippen molar-refractivity contribution in [2.24, 2.45) is 0 Å². The summed E-state index contributed by atoms with van der Waals surface area (Å²) >= 11 is 6.15. The van der Waals surface area contributed by atoms with Gasteiger partial charge in [0.05, 0.1) is 23.4 Å². The van der Waals surface area contributed by atoms with Crippen LogP contribution in [0.3, 0.4) is 0 Å². The molecule has 2 aromatic rings. The summed E-state index contributed by atoms with van der Waals surface area (Å²) in [7, 11) is 1.44. The molecule has 0 unspecified atom stereocenters. The number of fused-ring (bicyclic) bond motifs is 1. The summed E-state index contributed by atoms with van der Waals surface area (Å²) in [4.78, 5) is 23.7. The minimum absolute atomic E-state index is 0.196. The maximum absolute atomic E-state index is 12.5. The second kappa shape index (κ2) is 7.53. The Morgan fingerprint density at radius 1 is 1.19 bits per heavy atom. The van der Waals surface area contributed by atoms with Crippen LogP contribution in [0.15, 0.2) is 30.3 Å². The van der Waals surface area contributed by atoms with Crippen molar-refractivity contribution in [1.82, 2.24) is 5.32 Å². The van der Waals surface area contributed by atoms with E-state index in [2.05, 4.69) is 10.6 Å². The van der Waals surface area contributed by atoms with Gasteiger partial charge in [0.1, 0.15) is 5.75 Å². The molecule has 0 radical (unpaired) electrons. The number of halogens is 1. The van der Waals surface area contributed by atoms with E-state index in [1.165, 1.54) is 26.2 Å². The van der Waals surface area contributed by atoms with Crippen LogP contribution >= 0.6 is 11.6 Å². The Labute approximate surface area is 155 Å². The lowest BCUT2D eigenvalue weighted by Gasteiger charge is -2.13. The van der Waals surface area contributed by atoms with Gasteiger partial charge in [0.2, 0.25) is 12.7 Å². The van der Waals surface area contributed by atoms with Crippen LogP contribution in [0.1, 0.15) is 22.8 Å². The highest BCUT2D eigenvalue weighted by molar-refractivity contribution is 6.34. The van der Waals surface area contributed by atoms with Gasteiger partial charge in [-0.1, -0.05) is 17.7 Å². The molecular formula is C18H17ClN2O5. The van der Waals surface area contributed by atoms with Gasteiger partial charge in [-0.3, -0.25) is 9.59 Å². The van der Waals surface area contributed by atoms with E-state index >= 15 is 0 Å². The van der Waals surface area contributed by atoms with Gasteiger partial charge < -0.3 is 24.8 Å². The molecule has 2 N–H and O–H groups in total. The molecule has 8 heteroatoms. The molecule has 3 rings (SSSR count). The molecule has 2 amide bonds. The molecule has 26 heavy (non-hydrogen) atoms. The molecule has 2 aromatic carbocycles. The number of amides is 2. The fourth-order valence-corrected chi connectivity index (χ4v) is 2.72. The minimum atomic E-state index is -0.351. The molecule has 0 aromatic heterocycles. The SMILES string of the molecule is COc1cc(NC(C)=O)c(Cl)cc1C(=O)NCc1ccc2c(c1)OCO2. The Hall–Kier alpha value is -2.93. The van der Waals surface area contributed by atoms with Gasteiger partial charge in [0, 0.05) is 19.5 Å². The molecule has 0 saturated heterocycles. The van der Waals surface area contributed by atoms with E-state index in [0.29, 0.717) is 29.5 Å². The van der Waals surface area contributed by atoms with Crippen LogP contribution in [0, 0.1) is 0 Å². The predicted molar refractivity (Wildman–Crippen MR) is 96.0 cm³/mol. The van der Waals surface area contributed by atoms with Crippen molar-refractivity contribution < 1.29 is 23.8 Å². The second-order valence-corrected chi connectivity index (χ2v) is 5.99. The summed E-state index contributed by atoms with van der Waals surface area (Å²) < 4.78 is 15.8. The summed E-state index contributed by atoms with van der Waals surface area (Å²) in [5.41, 5.74) is 1.51. The molecule has 0 bridgehead atoms. The average Bonchev–Trinajstić information content (AvgIpc) is 3.08. The molecule has 1 aliphatic heterocycles. The number of ether oxygens (including phenoxy) is 3. The first kappa shape index (κ1) is 17.9. The zero-order chi connectivity index (χ0) is 18.7. The van der Waals surface area contributed by atoms with Gasteiger partial charge in [0.15, 0.2) is 11.5 Å². The van der Waals surface area contributed by atoms with Crippen LogP contribution in [0.5, 0.6) is 17.2 Å². The smallest absolute Gasteiger partial charge is 0.255 e. The fraction of sp³-hybridized carbons (Fsp3) is 0.222. The van der Waals surface area contributed by atoms with Gasteiger partial charge in [-0.05, 0) is 23.8 Å². The quantitative estimate of drug-likeness (QED) is 0.837. The largest absolute Gasteiger partial charge is 0.496 e. The van der Waals surface area contributed by atoms with E-state index in [0.717, 1.165) is 5.56 Å². The Morgan fingerprint density at radius 2 is 1.96 bits per heavy atom. The Balaban J connectivity index is 1.74. The van der Waals surface area contributed by atoms with E-state index in [9.17, 15) is 9.59 Å². The summed E-state index contributed by atoms with van der Waals surface area (Å²) in [5, 5.41) is 5.64. The normalized spacial score (nSPS) is 11.8. The van der Waals surface area contributed by atoms with Gasteiger partial charge in [-0.15, -0.1) is 0 Å². The van der Waals surface area contributed by atoms with E-state index < -0.39 is 0 Å². The summed E-state index contributed by atoms with van der Waals surface area (Å²) in [6.45, 7) is 1.86. The van der Waals surface area contributed by atoms with Gasteiger partial charge in [0.25, 0.3) is 5.91 Å². The Kier molecular flexibility index (Phi) is 5.18. The van der Waals surface area contributed by atoms with Gasteiger partial charge >= 0.3 is 0 Å². The molecule has 0 saturated carbocycles. The molecular weight excluding hydrogens is 360 g/mol. The van der Waals surface area contributed by atoms with Crippen molar-refractivity contribution in [2.75, 3.05) is 19.2 Å². The van der Waals surface area contributed by atoms with Crippen molar-refractivity contribution in [3.63, 3.8) is 0 Å². The highest BCUT2D eigenvalue weighted by atomic mass is 35.5. The molecule has 0 spiro atoms. The van der Waals surface area contributed by atoms with E-state index in [1.54, 1.807) is 6.07 Å². The van der Waals surface area contributed by atoms with Crippen molar-refractivity contribution >= 4 is 29.1 Å². The summed E-state index contributed by atoms with van der Waals surface area (Å²) in [5.74, 6) is 1.02. The van der Waals surface area contributed by atoms with Gasteiger partial charge in [-0.25, -0.2) is 0 Å². The zero-order valence-corrected chi connectivity index (χ0v) is 15.0. The standard InChI is InChI=1S/C18H17ClN2O5/c1-10(22)21-14-7-16(24-2)12(6-13(14)19)18(23)20-8-11-3-4-15-17(5-11)26-9-25-15/h3-7H,8-9H2,1-2H3,(H,20,23)(H,21,22). The number of rotatable bonds is 5. The predicted octanol–water partition coefficient (Wildman–Crippen LogP) is 2.97. The lowest BCUT2D eigenvalue weighted by molar-refractivity contribution is -0.114. The molecule has 0 atom stereocenters. The van der Waals surface area contributed by atoms with Crippen LogP contribution in [0.4, 0.5) is 5.69 Å². The number of benzene rings is 2. The third-order valence-electron chi connectivity index (χ3n) is 3.73. The van der Waals surface area contributed by atoms with E-state index in [4.69, 9.17) is 25.8 Å². The van der Waals surface area contributed by atoms with Crippen LogP contribution in [0.25, 0.3) is 0 Å². The van der Waals surface area contributed by atoms with Crippen molar-refractivity contribution in [1.29, 1.82) is 0 Å². The van der Waals surface area contributed by atoms with E-state index in [-0.39, 0.29) is 29.2 Å². The minimum Gasteiger partial charge on any atom is -0.496 e. The number of carbonyl (C=O) groups is 2. The van der Waals surface area contributed by atoms with Crippen LogP contribution in [-0.2, 0) is 11.3 Å². The van der Waals surface area contributed by atoms with Crippen molar-refractivity contribution in [3.8, 4) is 17.2 Å². The third-order valence-corrected chi connectivity index (χ3v) is 4.05. The fourth-order valence-electron chi connectivity index (χ4n) is 2.51. The monoisotopic (exact) mass is 376 g/mol. The maximum Gasteiger partial charge on any atom is 0.255 e. The van der Waals surface area contributed by atoms with Crippen LogP contribution < -0.4 is 24.8 Å². The summed E-state index contributed by atoms with van der Waals surface area (Å²) in [6.07, 6.45) is 0. The first-order valence-electron chi connectivity index (χ1n) is 7.80. The maximum atomic E-state index is 12.5. The van der Waals surface area contributed by atoms with Crippen molar-refractivity contribution in [3.05, 3.63) is 46.5 Å². The molecule has 136 valence electrons. The van der Waals surface area contributed by atoms with Crippen LogP contribution in [0.2, 0.25) is 5.02 Å². The number of methoxy groups -OCH3 is 1. The third kappa shape index (κ3) is 3.83. The Morgan fingerprint density at radius 3 is 2.69 bits per heavy atom. The molecule has 0 aliphatic carbocycles. The number of nitrogens with one attached hydrogen (secondary N) is 2. The highest BCUT2D eigenvalue weighted by Gasteiger charge is 2.17. The molecule has 7 nitrogen and oxygen atoms in total. The highest BCUT2D eigenvalue weighted by Crippen LogP contribution is 2.33. The number of hydrogen-bond acceptors (Lipinski definition) is 5. The molecule has 0 fully saturated rings. The lowest BCUT2D eigenvalue weighted by Crippen LogP contribution is -2.23. The first-order chi connectivity index (χ1) is 12.5. The molecule has 1 heterocycles. The van der Waals surface area contributed by atoms with Crippen molar-refractivity contribution in [2.45, 2.75) is 13.5 Å².